The van der Waals surface area contributed by atoms with E-state index in [1.807, 2.05) is 6.07 Å². The first-order chi connectivity index (χ1) is 8.77. The van der Waals surface area contributed by atoms with Gasteiger partial charge in [0, 0.05) is 18.7 Å². The van der Waals surface area contributed by atoms with Gasteiger partial charge in [0.2, 0.25) is 0 Å². The Hall–Kier alpha value is -2.03. The summed E-state index contributed by atoms with van der Waals surface area (Å²) in [5, 5.41) is 8.55. The molecule has 0 aliphatic rings. The number of hydrogen-bond donors (Lipinski definition) is 0. The minimum atomic E-state index is -4.42. The maximum Gasteiger partial charge on any atom is 0.416 e. The Labute approximate surface area is 109 Å². The summed E-state index contributed by atoms with van der Waals surface area (Å²) in [5.74, 6) is -0.406. The van der Waals surface area contributed by atoms with Crippen molar-refractivity contribution in [1.82, 2.24) is 4.90 Å². The first kappa shape index (κ1) is 15.0. The average molecular weight is 270 g/mol. The number of alkyl halides is 3. The van der Waals surface area contributed by atoms with Crippen molar-refractivity contribution in [1.29, 1.82) is 5.26 Å². The van der Waals surface area contributed by atoms with Gasteiger partial charge in [0.15, 0.2) is 0 Å². The van der Waals surface area contributed by atoms with E-state index in [0.29, 0.717) is 0 Å². The molecule has 6 heteroatoms. The van der Waals surface area contributed by atoms with E-state index in [-0.39, 0.29) is 18.0 Å². The summed E-state index contributed by atoms with van der Waals surface area (Å²) in [5.41, 5.74) is -0.628. The van der Waals surface area contributed by atoms with E-state index in [4.69, 9.17) is 5.26 Å². The lowest BCUT2D eigenvalue weighted by molar-refractivity contribution is -0.137. The Kier molecular flexibility index (Phi) is 4.54. The summed E-state index contributed by atoms with van der Waals surface area (Å²) in [4.78, 5) is 13.3. The van der Waals surface area contributed by atoms with Crippen molar-refractivity contribution in [3.05, 3.63) is 35.4 Å². The van der Waals surface area contributed by atoms with E-state index in [0.717, 1.165) is 24.3 Å². The van der Waals surface area contributed by atoms with Gasteiger partial charge in [0.05, 0.1) is 18.1 Å². The summed E-state index contributed by atoms with van der Waals surface area (Å²) >= 11 is 0. The highest BCUT2D eigenvalue weighted by Gasteiger charge is 2.30. The maximum atomic E-state index is 12.4. The van der Waals surface area contributed by atoms with Crippen LogP contribution in [0, 0.1) is 11.3 Å². The number of nitrogens with zero attached hydrogens (tertiary/aromatic N) is 2. The second-order valence-electron chi connectivity index (χ2n) is 4.20. The Balaban J connectivity index is 2.87. The third-order valence-corrected chi connectivity index (χ3v) is 2.83. The third kappa shape index (κ3) is 3.71. The molecule has 0 radical (unpaired) electrons. The summed E-state index contributed by atoms with van der Waals surface area (Å²) in [6.45, 7) is 1.70. The van der Waals surface area contributed by atoms with Crippen LogP contribution in [0.15, 0.2) is 24.3 Å². The minimum Gasteiger partial charge on any atom is -0.338 e. The number of amides is 1. The van der Waals surface area contributed by atoms with E-state index in [9.17, 15) is 18.0 Å². The lowest BCUT2D eigenvalue weighted by atomic mass is 10.1. The van der Waals surface area contributed by atoms with Crippen molar-refractivity contribution < 1.29 is 18.0 Å². The second-order valence-corrected chi connectivity index (χ2v) is 4.20. The molecule has 0 aliphatic heterocycles. The molecule has 3 nitrogen and oxygen atoms in total. The molecule has 1 amide bonds. The van der Waals surface area contributed by atoms with Crippen LogP contribution in [0.3, 0.4) is 0 Å². The topological polar surface area (TPSA) is 44.1 Å². The minimum absolute atomic E-state index is 0.167. The Morgan fingerprint density at radius 3 is 2.32 bits per heavy atom. The first-order valence-electron chi connectivity index (χ1n) is 5.58. The lowest BCUT2D eigenvalue weighted by Gasteiger charge is -2.23. The van der Waals surface area contributed by atoms with E-state index in [1.54, 1.807) is 6.92 Å². The molecule has 1 aromatic rings. The van der Waals surface area contributed by atoms with Gasteiger partial charge < -0.3 is 4.90 Å². The standard InChI is InChI=1S/C13H13F3N2O/c1-9(7-8-17)18(2)12(19)10-3-5-11(6-4-10)13(14,15)16/h3-6,9H,7H2,1-2H3/t9-/m1/s1. The second kappa shape index (κ2) is 5.74. The van der Waals surface area contributed by atoms with Crippen LogP contribution in [0.25, 0.3) is 0 Å². The normalized spacial score (nSPS) is 12.6. The highest BCUT2D eigenvalue weighted by Crippen LogP contribution is 2.29. The Morgan fingerprint density at radius 1 is 1.37 bits per heavy atom. The maximum absolute atomic E-state index is 12.4. The summed E-state index contributed by atoms with van der Waals surface area (Å²) < 4.78 is 37.1. The number of benzene rings is 1. The average Bonchev–Trinajstić information content (AvgIpc) is 2.36. The zero-order valence-corrected chi connectivity index (χ0v) is 10.5. The molecule has 0 bridgehead atoms. The molecule has 1 aromatic carbocycles. The quantitative estimate of drug-likeness (QED) is 0.847. The number of hydrogen-bond acceptors (Lipinski definition) is 2. The fraction of sp³-hybridized carbons (Fsp3) is 0.385. The fourth-order valence-electron chi connectivity index (χ4n) is 1.47. The van der Waals surface area contributed by atoms with Crippen molar-refractivity contribution in [2.45, 2.75) is 25.6 Å². The van der Waals surface area contributed by atoms with Crippen LogP contribution in [-0.4, -0.2) is 23.9 Å². The number of halogens is 3. The van der Waals surface area contributed by atoms with Crippen LogP contribution in [0.1, 0.15) is 29.3 Å². The molecular weight excluding hydrogens is 257 g/mol. The number of nitriles is 1. The van der Waals surface area contributed by atoms with Gasteiger partial charge in [-0.1, -0.05) is 0 Å². The number of rotatable bonds is 3. The SMILES string of the molecule is C[C@H](CC#N)N(C)C(=O)c1ccc(C(F)(F)F)cc1. The van der Waals surface area contributed by atoms with Crippen molar-refractivity contribution >= 4 is 5.91 Å². The van der Waals surface area contributed by atoms with E-state index in [1.165, 1.54) is 11.9 Å². The highest BCUT2D eigenvalue weighted by atomic mass is 19.4. The molecule has 0 fully saturated rings. The molecule has 102 valence electrons. The molecule has 0 spiro atoms. The van der Waals surface area contributed by atoms with Gasteiger partial charge in [0.1, 0.15) is 0 Å². The van der Waals surface area contributed by atoms with Crippen molar-refractivity contribution in [3.8, 4) is 6.07 Å². The molecular formula is C13H13F3N2O. The highest BCUT2D eigenvalue weighted by molar-refractivity contribution is 5.94. The van der Waals surface area contributed by atoms with Crippen LogP contribution in [-0.2, 0) is 6.18 Å². The zero-order chi connectivity index (χ0) is 14.6. The fourth-order valence-corrected chi connectivity index (χ4v) is 1.47. The molecule has 0 saturated carbocycles. The monoisotopic (exact) mass is 270 g/mol. The summed E-state index contributed by atoms with van der Waals surface area (Å²) in [7, 11) is 1.52. The van der Waals surface area contributed by atoms with Crippen LogP contribution >= 0.6 is 0 Å². The van der Waals surface area contributed by atoms with E-state index >= 15 is 0 Å². The Morgan fingerprint density at radius 2 is 1.89 bits per heavy atom. The predicted octanol–water partition coefficient (Wildman–Crippen LogP) is 3.08. The summed E-state index contributed by atoms with van der Waals surface area (Å²) in [6.07, 6.45) is -4.25. The number of carbonyl (C=O) groups is 1. The van der Waals surface area contributed by atoms with Gasteiger partial charge >= 0.3 is 6.18 Å². The molecule has 1 rings (SSSR count). The molecule has 0 N–H and O–H groups in total. The van der Waals surface area contributed by atoms with Gasteiger partial charge in [-0.3, -0.25) is 4.79 Å². The molecule has 19 heavy (non-hydrogen) atoms. The predicted molar refractivity (Wildman–Crippen MR) is 63.2 cm³/mol. The van der Waals surface area contributed by atoms with Crippen molar-refractivity contribution in [2.75, 3.05) is 7.05 Å². The Bertz CT molecular complexity index is 488. The molecule has 0 heterocycles. The first-order valence-corrected chi connectivity index (χ1v) is 5.58. The zero-order valence-electron chi connectivity index (χ0n) is 10.5. The molecule has 0 unspecified atom stereocenters. The van der Waals surface area contributed by atoms with Crippen LogP contribution in [0.2, 0.25) is 0 Å². The van der Waals surface area contributed by atoms with E-state index in [2.05, 4.69) is 0 Å². The third-order valence-electron chi connectivity index (χ3n) is 2.83. The van der Waals surface area contributed by atoms with Gasteiger partial charge in [-0.05, 0) is 31.2 Å². The number of carbonyl (C=O) groups excluding carboxylic acids is 1. The molecule has 1 atom stereocenters. The molecule has 0 aliphatic carbocycles. The van der Waals surface area contributed by atoms with Crippen LogP contribution in [0.5, 0.6) is 0 Å². The van der Waals surface area contributed by atoms with Crippen molar-refractivity contribution in [3.63, 3.8) is 0 Å². The molecule has 0 aromatic heterocycles. The largest absolute Gasteiger partial charge is 0.416 e. The van der Waals surface area contributed by atoms with Crippen LogP contribution in [0.4, 0.5) is 13.2 Å². The summed E-state index contributed by atoms with van der Waals surface area (Å²) in [6, 6.07) is 5.67. The molecule has 0 saturated heterocycles. The van der Waals surface area contributed by atoms with Gasteiger partial charge in [-0.15, -0.1) is 0 Å². The van der Waals surface area contributed by atoms with Crippen molar-refractivity contribution in [2.24, 2.45) is 0 Å². The van der Waals surface area contributed by atoms with Gasteiger partial charge in [-0.25, -0.2) is 0 Å². The van der Waals surface area contributed by atoms with Crippen LogP contribution < -0.4 is 0 Å². The van der Waals surface area contributed by atoms with Gasteiger partial charge in [0.25, 0.3) is 5.91 Å². The lowest BCUT2D eigenvalue weighted by Crippen LogP contribution is -2.34. The van der Waals surface area contributed by atoms with E-state index < -0.39 is 17.6 Å². The van der Waals surface area contributed by atoms with Gasteiger partial charge in [-0.2, -0.15) is 18.4 Å². The smallest absolute Gasteiger partial charge is 0.338 e.